The summed E-state index contributed by atoms with van der Waals surface area (Å²) < 4.78 is 28.6. The SMILES string of the molecule is C=C1C=CC(O)C2(C)C3OC3C(OC(C)=O)C(C)C2C(OC(C)=O)C2(O)C(C)C(=O)OC2C1OC. The van der Waals surface area contributed by atoms with Crippen molar-refractivity contribution in [2.45, 2.75) is 82.9 Å². The van der Waals surface area contributed by atoms with Crippen LogP contribution >= 0.6 is 0 Å². The Labute approximate surface area is 204 Å². The van der Waals surface area contributed by atoms with Gasteiger partial charge in [0.1, 0.15) is 24.4 Å². The van der Waals surface area contributed by atoms with Crippen molar-refractivity contribution in [1.82, 2.24) is 0 Å². The second-order valence-corrected chi connectivity index (χ2v) is 10.4. The quantitative estimate of drug-likeness (QED) is 0.327. The van der Waals surface area contributed by atoms with Crippen molar-refractivity contribution < 1.29 is 48.3 Å². The van der Waals surface area contributed by atoms with Gasteiger partial charge in [-0.25, -0.2) is 0 Å². The number of ether oxygens (including phenoxy) is 5. The molecule has 12 unspecified atom stereocenters. The number of hydrogen-bond acceptors (Lipinski definition) is 10. The Bertz CT molecular complexity index is 960. The molecule has 4 rings (SSSR count). The van der Waals surface area contributed by atoms with Gasteiger partial charge in [-0.2, -0.15) is 0 Å². The Morgan fingerprint density at radius 2 is 1.77 bits per heavy atom. The Balaban J connectivity index is 1.97. The Hall–Kier alpha value is -2.27. The van der Waals surface area contributed by atoms with Crippen molar-refractivity contribution >= 4 is 17.9 Å². The second kappa shape index (κ2) is 8.69. The third kappa shape index (κ3) is 3.73. The molecule has 35 heavy (non-hydrogen) atoms. The number of aliphatic hydroxyl groups excluding tert-OH is 1. The highest BCUT2D eigenvalue weighted by atomic mass is 16.6. The first-order valence-electron chi connectivity index (χ1n) is 11.8. The van der Waals surface area contributed by atoms with Crippen molar-refractivity contribution in [3.05, 3.63) is 24.3 Å². The molecule has 194 valence electrons. The van der Waals surface area contributed by atoms with Crippen molar-refractivity contribution in [2.24, 2.45) is 23.2 Å². The molecule has 0 spiro atoms. The summed E-state index contributed by atoms with van der Waals surface area (Å²) in [6, 6.07) is 0. The van der Waals surface area contributed by atoms with Gasteiger partial charge in [-0.15, -0.1) is 0 Å². The van der Waals surface area contributed by atoms with Crippen molar-refractivity contribution in [1.29, 1.82) is 0 Å². The first-order valence-corrected chi connectivity index (χ1v) is 11.8. The fraction of sp³-hybridized carbons (Fsp3) is 0.720. The summed E-state index contributed by atoms with van der Waals surface area (Å²) in [5, 5.41) is 23.8. The lowest BCUT2D eigenvalue weighted by Gasteiger charge is -2.54. The maximum atomic E-state index is 12.8. The molecular formula is C25H34O10. The van der Waals surface area contributed by atoms with Gasteiger partial charge >= 0.3 is 17.9 Å². The minimum Gasteiger partial charge on any atom is -0.459 e. The summed E-state index contributed by atoms with van der Waals surface area (Å²) in [7, 11) is 1.39. The number of fused-ring (bicyclic) bond motifs is 4. The van der Waals surface area contributed by atoms with Crippen LogP contribution in [0.5, 0.6) is 0 Å². The number of carbonyl (C=O) groups is 3. The summed E-state index contributed by atoms with van der Waals surface area (Å²) in [5.41, 5.74) is -2.79. The Kier molecular flexibility index (Phi) is 6.41. The number of aliphatic hydroxyl groups is 2. The summed E-state index contributed by atoms with van der Waals surface area (Å²) in [4.78, 5) is 37.2. The fourth-order valence-corrected chi connectivity index (χ4v) is 6.56. The number of rotatable bonds is 3. The molecule has 0 amide bonds. The number of carbonyl (C=O) groups excluding carboxylic acids is 3. The Morgan fingerprint density at radius 1 is 1.14 bits per heavy atom. The van der Waals surface area contributed by atoms with Crippen molar-refractivity contribution in [3.8, 4) is 0 Å². The average Bonchev–Trinajstić information content (AvgIpc) is 3.55. The molecule has 4 aliphatic rings. The van der Waals surface area contributed by atoms with E-state index in [2.05, 4.69) is 6.58 Å². The van der Waals surface area contributed by atoms with E-state index in [4.69, 9.17) is 23.7 Å². The molecule has 1 saturated carbocycles. The van der Waals surface area contributed by atoms with Crippen LogP contribution in [0.4, 0.5) is 0 Å². The van der Waals surface area contributed by atoms with Crippen LogP contribution in [-0.2, 0) is 38.1 Å². The maximum absolute atomic E-state index is 12.8. The molecular weight excluding hydrogens is 460 g/mol. The lowest BCUT2D eigenvalue weighted by atomic mass is 9.54. The zero-order chi connectivity index (χ0) is 26.0. The van der Waals surface area contributed by atoms with E-state index in [1.54, 1.807) is 26.0 Å². The molecule has 10 heteroatoms. The molecule has 10 nitrogen and oxygen atoms in total. The van der Waals surface area contributed by atoms with Gasteiger partial charge in [0.15, 0.2) is 11.7 Å². The normalized spacial score (nSPS) is 48.7. The standard InChI is InChI=1S/C25H34O10/c1-10-8-9-15(28)24(6)16(11(2)18(32-13(4)26)19-21(24)34-19)20(33-14(5)27)25(30)12(3)23(29)35-22(25)17(10)31-7/h8-9,11-12,15-22,28,30H,1H2,2-7H3. The molecule has 2 aliphatic carbocycles. The van der Waals surface area contributed by atoms with Crippen LogP contribution in [0.2, 0.25) is 0 Å². The second-order valence-electron chi connectivity index (χ2n) is 10.4. The molecule has 0 radical (unpaired) electrons. The first kappa shape index (κ1) is 25.8. The van der Waals surface area contributed by atoms with E-state index in [9.17, 15) is 24.6 Å². The van der Waals surface area contributed by atoms with Gasteiger partial charge < -0.3 is 33.9 Å². The smallest absolute Gasteiger partial charge is 0.312 e. The number of hydrogen-bond donors (Lipinski definition) is 2. The van der Waals surface area contributed by atoms with Crippen LogP contribution in [0, 0.1) is 23.2 Å². The predicted octanol–water partition coefficient (Wildman–Crippen LogP) is 0.684. The predicted molar refractivity (Wildman–Crippen MR) is 120 cm³/mol. The number of esters is 3. The zero-order valence-electron chi connectivity index (χ0n) is 20.8. The van der Waals surface area contributed by atoms with Crippen LogP contribution in [0.15, 0.2) is 24.3 Å². The molecule has 0 aromatic rings. The monoisotopic (exact) mass is 494 g/mol. The molecule has 3 fully saturated rings. The third-order valence-corrected chi connectivity index (χ3v) is 8.41. The van der Waals surface area contributed by atoms with Crippen molar-refractivity contribution in [3.63, 3.8) is 0 Å². The van der Waals surface area contributed by atoms with Crippen LogP contribution in [0.1, 0.15) is 34.6 Å². The number of methoxy groups -OCH3 is 1. The van der Waals surface area contributed by atoms with E-state index in [1.807, 2.05) is 0 Å². The van der Waals surface area contributed by atoms with E-state index in [0.29, 0.717) is 5.57 Å². The van der Waals surface area contributed by atoms with Gasteiger partial charge in [-0.1, -0.05) is 32.6 Å². The molecule has 2 aliphatic heterocycles. The zero-order valence-corrected chi connectivity index (χ0v) is 20.8. The summed E-state index contributed by atoms with van der Waals surface area (Å²) >= 11 is 0. The summed E-state index contributed by atoms with van der Waals surface area (Å²) in [6.07, 6.45) is -3.33. The van der Waals surface area contributed by atoms with Crippen LogP contribution in [0.25, 0.3) is 0 Å². The summed E-state index contributed by atoms with van der Waals surface area (Å²) in [5.74, 6) is -4.35. The van der Waals surface area contributed by atoms with Crippen LogP contribution in [-0.4, -0.2) is 83.6 Å². The first-order chi connectivity index (χ1) is 16.3. The van der Waals surface area contributed by atoms with Gasteiger partial charge in [0, 0.05) is 38.2 Å². The van der Waals surface area contributed by atoms with Gasteiger partial charge in [0.05, 0.1) is 18.1 Å². The molecule has 12 atom stereocenters. The largest absolute Gasteiger partial charge is 0.459 e. The minimum atomic E-state index is -2.06. The Morgan fingerprint density at radius 3 is 2.34 bits per heavy atom. The highest BCUT2D eigenvalue weighted by Crippen LogP contribution is 2.61. The molecule has 0 bridgehead atoms. The van der Waals surface area contributed by atoms with Gasteiger partial charge in [0.25, 0.3) is 0 Å². The lowest BCUT2D eigenvalue weighted by Crippen LogP contribution is -2.68. The van der Waals surface area contributed by atoms with E-state index < -0.39 is 89.4 Å². The molecule has 0 aromatic carbocycles. The molecule has 2 saturated heterocycles. The van der Waals surface area contributed by atoms with Crippen LogP contribution in [0.3, 0.4) is 0 Å². The lowest BCUT2D eigenvalue weighted by molar-refractivity contribution is -0.228. The van der Waals surface area contributed by atoms with E-state index in [1.165, 1.54) is 27.9 Å². The topological polar surface area (TPSA) is 141 Å². The van der Waals surface area contributed by atoms with E-state index in [0.717, 1.165) is 0 Å². The fourth-order valence-electron chi connectivity index (χ4n) is 6.56. The maximum Gasteiger partial charge on any atom is 0.312 e. The minimum absolute atomic E-state index is 0.357. The highest BCUT2D eigenvalue weighted by Gasteiger charge is 2.74. The number of epoxide rings is 1. The average molecular weight is 495 g/mol. The third-order valence-electron chi connectivity index (χ3n) is 8.41. The van der Waals surface area contributed by atoms with E-state index >= 15 is 0 Å². The molecule has 2 N–H and O–H groups in total. The van der Waals surface area contributed by atoms with Gasteiger partial charge in [-0.3, -0.25) is 14.4 Å². The summed E-state index contributed by atoms with van der Waals surface area (Å²) in [6.45, 7) is 11.6. The highest BCUT2D eigenvalue weighted by molar-refractivity contribution is 5.77. The van der Waals surface area contributed by atoms with E-state index in [-0.39, 0.29) is 0 Å². The van der Waals surface area contributed by atoms with Crippen molar-refractivity contribution in [2.75, 3.05) is 7.11 Å². The molecule has 0 aromatic heterocycles. The van der Waals surface area contributed by atoms with Gasteiger partial charge in [-0.05, 0) is 12.5 Å². The molecule has 2 heterocycles. The van der Waals surface area contributed by atoms with Gasteiger partial charge in [0.2, 0.25) is 0 Å². The van der Waals surface area contributed by atoms with Crippen LogP contribution < -0.4 is 0 Å².